The first-order valence-corrected chi connectivity index (χ1v) is 9.67. The summed E-state index contributed by atoms with van der Waals surface area (Å²) < 4.78 is 7.71. The number of aliphatic hydroxyl groups excluding tert-OH is 1. The van der Waals surface area contributed by atoms with Crippen LogP contribution < -0.4 is 0 Å². The second-order valence-corrected chi connectivity index (χ2v) is 5.74. The average Bonchev–Trinajstić information content (AvgIpc) is 2.99. The average molecular weight is 365 g/mol. The van der Waals surface area contributed by atoms with Crippen LogP contribution in [0, 0.1) is 0 Å². The molecule has 0 bridgehead atoms. The molecule has 1 N–H and O–H groups in total. The topological polar surface area (TPSA) is 64.4 Å². The molecule has 1 fully saturated rings. The third kappa shape index (κ3) is 6.54. The molecule has 1 unspecified atom stereocenters. The molecule has 5 nitrogen and oxygen atoms in total. The van der Waals surface area contributed by atoms with Crippen LogP contribution >= 0.6 is 0 Å². The van der Waals surface area contributed by atoms with Gasteiger partial charge in [-0.25, -0.2) is 4.98 Å². The van der Waals surface area contributed by atoms with E-state index >= 15 is 0 Å². The van der Waals surface area contributed by atoms with Crippen molar-refractivity contribution >= 4 is 16.8 Å². The zero-order chi connectivity index (χ0) is 20.1. The number of hydrogen-bond acceptors (Lipinski definition) is 4. The van der Waals surface area contributed by atoms with Gasteiger partial charge < -0.3 is 14.4 Å². The number of aliphatic hydroxyl groups is 1. The summed E-state index contributed by atoms with van der Waals surface area (Å²) in [6.07, 6.45) is 3.54. The third-order valence-electron chi connectivity index (χ3n) is 3.73. The molecule has 1 aromatic carbocycles. The van der Waals surface area contributed by atoms with E-state index in [1.165, 1.54) is 6.42 Å². The Morgan fingerprint density at radius 2 is 1.85 bits per heavy atom. The normalized spacial score (nSPS) is 14.7. The summed E-state index contributed by atoms with van der Waals surface area (Å²) in [6, 6.07) is 5.73. The lowest BCUT2D eigenvalue weighted by molar-refractivity contribution is -0.0589. The van der Waals surface area contributed by atoms with Gasteiger partial charge in [-0.05, 0) is 31.5 Å². The SMILES string of the molecule is CC.CCC.CCc1nc2ccc(C(C)=O)cc2n1CC1CCO1.CO. The number of carbonyl (C=O) groups excluding carboxylic acids is 1. The zero-order valence-electron chi connectivity index (χ0n) is 17.5. The van der Waals surface area contributed by atoms with Crippen LogP contribution in [0.3, 0.4) is 0 Å². The molecule has 1 aliphatic rings. The molecule has 1 aromatic heterocycles. The van der Waals surface area contributed by atoms with Crippen molar-refractivity contribution in [2.24, 2.45) is 0 Å². The van der Waals surface area contributed by atoms with E-state index < -0.39 is 0 Å². The first-order valence-electron chi connectivity index (χ1n) is 9.67. The molecule has 0 radical (unpaired) electrons. The largest absolute Gasteiger partial charge is 0.400 e. The number of aromatic nitrogens is 2. The minimum atomic E-state index is 0.0904. The molecule has 148 valence electrons. The number of nitrogens with zero attached hydrogens (tertiary/aromatic N) is 2. The molecule has 0 aliphatic carbocycles. The molecule has 0 spiro atoms. The molecular weight excluding hydrogens is 328 g/mol. The molecule has 5 heteroatoms. The van der Waals surface area contributed by atoms with Crippen LogP contribution in [0.15, 0.2) is 18.2 Å². The maximum atomic E-state index is 11.5. The molecule has 1 aliphatic heterocycles. The smallest absolute Gasteiger partial charge is 0.159 e. The highest BCUT2D eigenvalue weighted by Crippen LogP contribution is 2.22. The lowest BCUT2D eigenvalue weighted by Crippen LogP contribution is -2.31. The standard InChI is InChI=1S/C15H18N2O2.C3H8.C2H6.CH4O/c1-3-15-16-13-5-4-11(10(2)18)8-14(13)17(15)9-12-6-7-19-12;1-3-2;2*1-2/h4-5,8,12H,3,6-7,9H2,1-2H3;3H2,1-2H3;1-2H3;2H,1H3. The van der Waals surface area contributed by atoms with Crippen LogP contribution in [0.5, 0.6) is 0 Å². The Bertz CT molecular complexity index is 646. The first kappa shape index (κ1) is 24.3. The highest BCUT2D eigenvalue weighted by atomic mass is 16.5. The molecular formula is C21H36N2O3. The fourth-order valence-corrected chi connectivity index (χ4v) is 2.50. The van der Waals surface area contributed by atoms with Crippen molar-refractivity contribution < 1.29 is 14.6 Å². The van der Waals surface area contributed by atoms with Crippen molar-refractivity contribution in [1.82, 2.24) is 9.55 Å². The molecule has 3 rings (SSSR count). The molecule has 0 saturated carbocycles. The summed E-state index contributed by atoms with van der Waals surface area (Å²) in [4.78, 5) is 16.2. The second kappa shape index (κ2) is 13.5. The highest BCUT2D eigenvalue weighted by Gasteiger charge is 2.21. The van der Waals surface area contributed by atoms with Gasteiger partial charge in [0.1, 0.15) is 5.82 Å². The number of hydrogen-bond donors (Lipinski definition) is 1. The molecule has 1 saturated heterocycles. The van der Waals surface area contributed by atoms with E-state index in [0.717, 1.165) is 55.5 Å². The number of ether oxygens (including phenoxy) is 1. The Kier molecular flexibility index (Phi) is 12.6. The van der Waals surface area contributed by atoms with E-state index in [4.69, 9.17) is 9.84 Å². The van der Waals surface area contributed by atoms with Crippen LogP contribution in [0.2, 0.25) is 0 Å². The lowest BCUT2D eigenvalue weighted by Gasteiger charge is -2.27. The number of imidazole rings is 1. The minimum Gasteiger partial charge on any atom is -0.400 e. The van der Waals surface area contributed by atoms with Crippen molar-refractivity contribution in [1.29, 1.82) is 0 Å². The van der Waals surface area contributed by atoms with E-state index in [9.17, 15) is 4.79 Å². The number of Topliss-reactive ketones (excluding diaryl/α,β-unsaturated/α-hetero) is 1. The number of aryl methyl sites for hydroxylation is 1. The molecule has 0 amide bonds. The van der Waals surface area contributed by atoms with Gasteiger partial charge in [0.05, 0.1) is 23.7 Å². The van der Waals surface area contributed by atoms with E-state index in [2.05, 4.69) is 30.3 Å². The summed E-state index contributed by atoms with van der Waals surface area (Å²) in [7, 11) is 1.00. The zero-order valence-corrected chi connectivity index (χ0v) is 17.5. The summed E-state index contributed by atoms with van der Waals surface area (Å²) in [5.74, 6) is 1.15. The van der Waals surface area contributed by atoms with Gasteiger partial charge in [0.25, 0.3) is 0 Å². The van der Waals surface area contributed by atoms with Crippen molar-refractivity contribution in [2.75, 3.05) is 13.7 Å². The van der Waals surface area contributed by atoms with E-state index in [0.29, 0.717) is 6.10 Å². The third-order valence-corrected chi connectivity index (χ3v) is 3.73. The summed E-state index contributed by atoms with van der Waals surface area (Å²) in [5, 5.41) is 7.00. The predicted molar refractivity (Wildman–Crippen MR) is 109 cm³/mol. The van der Waals surface area contributed by atoms with Crippen molar-refractivity contribution in [2.45, 2.75) is 73.5 Å². The Balaban J connectivity index is 0.000000793. The quantitative estimate of drug-likeness (QED) is 0.803. The van der Waals surface area contributed by atoms with Gasteiger partial charge in [0, 0.05) is 25.7 Å². The maximum absolute atomic E-state index is 11.5. The van der Waals surface area contributed by atoms with Crippen molar-refractivity contribution in [3.05, 3.63) is 29.6 Å². The first-order chi connectivity index (χ1) is 12.6. The number of fused-ring (bicyclic) bond motifs is 1. The van der Waals surface area contributed by atoms with Gasteiger partial charge in [-0.1, -0.05) is 41.0 Å². The molecule has 2 aromatic rings. The number of ketones is 1. The molecule has 2 heterocycles. The predicted octanol–water partition coefficient (Wildman–Crippen LogP) is 4.64. The van der Waals surface area contributed by atoms with Crippen LogP contribution in [-0.2, 0) is 17.7 Å². The Morgan fingerprint density at radius 3 is 2.27 bits per heavy atom. The van der Waals surface area contributed by atoms with E-state index in [-0.39, 0.29) is 5.78 Å². The monoisotopic (exact) mass is 364 g/mol. The van der Waals surface area contributed by atoms with Gasteiger partial charge in [0.15, 0.2) is 5.78 Å². The van der Waals surface area contributed by atoms with Crippen LogP contribution in [0.25, 0.3) is 11.0 Å². The Morgan fingerprint density at radius 1 is 1.27 bits per heavy atom. The highest BCUT2D eigenvalue weighted by molar-refractivity contribution is 5.97. The Hall–Kier alpha value is -1.72. The maximum Gasteiger partial charge on any atom is 0.159 e. The minimum absolute atomic E-state index is 0.0904. The van der Waals surface area contributed by atoms with Crippen molar-refractivity contribution in [3.8, 4) is 0 Å². The summed E-state index contributed by atoms with van der Waals surface area (Å²) in [5.41, 5.74) is 2.74. The molecule has 26 heavy (non-hydrogen) atoms. The summed E-state index contributed by atoms with van der Waals surface area (Å²) in [6.45, 7) is 13.6. The summed E-state index contributed by atoms with van der Waals surface area (Å²) >= 11 is 0. The fourth-order valence-electron chi connectivity index (χ4n) is 2.50. The van der Waals surface area contributed by atoms with Gasteiger partial charge in [-0.3, -0.25) is 4.79 Å². The Labute approximate surface area is 158 Å². The van der Waals surface area contributed by atoms with Gasteiger partial charge >= 0.3 is 0 Å². The fraction of sp³-hybridized carbons (Fsp3) is 0.619. The van der Waals surface area contributed by atoms with E-state index in [1.54, 1.807) is 6.92 Å². The molecule has 1 atom stereocenters. The van der Waals surface area contributed by atoms with Gasteiger partial charge in [0.2, 0.25) is 0 Å². The number of rotatable bonds is 4. The lowest BCUT2D eigenvalue weighted by atomic mass is 10.1. The van der Waals surface area contributed by atoms with Gasteiger partial charge in [-0.15, -0.1) is 0 Å². The van der Waals surface area contributed by atoms with Crippen LogP contribution in [0.1, 0.15) is 70.6 Å². The van der Waals surface area contributed by atoms with Crippen molar-refractivity contribution in [3.63, 3.8) is 0 Å². The van der Waals surface area contributed by atoms with Crippen LogP contribution in [0.4, 0.5) is 0 Å². The number of benzene rings is 1. The van der Waals surface area contributed by atoms with Crippen LogP contribution in [-0.4, -0.2) is 40.3 Å². The number of carbonyl (C=O) groups is 1. The van der Waals surface area contributed by atoms with Gasteiger partial charge in [-0.2, -0.15) is 0 Å². The van der Waals surface area contributed by atoms with E-state index in [1.807, 2.05) is 32.0 Å². The second-order valence-electron chi connectivity index (χ2n) is 5.74.